The average Bonchev–Trinajstić information content (AvgIpc) is 3.57. The molecule has 438 valence electrons. The van der Waals surface area contributed by atoms with E-state index < -0.39 is 41.7 Å². The van der Waals surface area contributed by atoms with Crippen molar-refractivity contribution in [1.29, 1.82) is 0 Å². The monoisotopic (exact) mass is 1210 g/mol. The van der Waals surface area contributed by atoms with E-state index in [0.717, 1.165) is 22.8 Å². The lowest BCUT2D eigenvalue weighted by molar-refractivity contribution is -0.116. The van der Waals surface area contributed by atoms with Gasteiger partial charge in [0.15, 0.2) is 0 Å². The van der Waals surface area contributed by atoms with Gasteiger partial charge < -0.3 is 34.9 Å². The number of amides is 3. The van der Waals surface area contributed by atoms with Gasteiger partial charge in [-0.3, -0.25) is 14.4 Å². The van der Waals surface area contributed by atoms with Gasteiger partial charge in [0.2, 0.25) is 47.8 Å². The van der Waals surface area contributed by atoms with Crippen LogP contribution in [0, 0.1) is 11.6 Å². The second-order valence-electron chi connectivity index (χ2n) is 18.1. The Morgan fingerprint density at radius 2 is 0.694 bits per heavy atom. The number of nitrogens with two attached hydrogens (primary N) is 3. The number of methoxy groups -OCH3 is 1. The Labute approximate surface area is 489 Å². The molecule has 24 heteroatoms. The zero-order chi connectivity index (χ0) is 61.2. The van der Waals surface area contributed by atoms with Crippen molar-refractivity contribution >= 4 is 64.9 Å². The predicted molar refractivity (Wildman–Crippen MR) is 316 cm³/mol. The second-order valence-corrected chi connectivity index (χ2v) is 22.7. The van der Waals surface area contributed by atoms with Gasteiger partial charge in [-0.1, -0.05) is 103 Å². The first-order chi connectivity index (χ1) is 40.5. The Morgan fingerprint density at radius 3 is 1.04 bits per heavy atom. The first-order valence-corrected chi connectivity index (χ1v) is 29.8. The molecule has 0 bridgehead atoms. The fourth-order valence-electron chi connectivity index (χ4n) is 7.72. The number of primary sulfonamides is 3. The maximum absolute atomic E-state index is 13.3. The van der Waals surface area contributed by atoms with E-state index in [2.05, 4.69) is 16.0 Å². The molecule has 0 radical (unpaired) electrons. The second kappa shape index (κ2) is 28.9. The molecule has 19 nitrogen and oxygen atoms in total. The maximum Gasteiger partial charge on any atom is 0.241 e. The molecule has 9 aromatic rings. The van der Waals surface area contributed by atoms with Crippen LogP contribution in [0.1, 0.15) is 16.7 Å². The Hall–Kier alpha value is -9.82. The van der Waals surface area contributed by atoms with Crippen molar-refractivity contribution in [3.8, 4) is 40.2 Å². The maximum atomic E-state index is 13.3. The molecule has 9 N–H and O–H groups in total. The number of nitrogens with one attached hydrogen (secondary N) is 3. The minimum absolute atomic E-state index is 0.0323. The van der Waals surface area contributed by atoms with Crippen molar-refractivity contribution in [2.75, 3.05) is 23.1 Å². The minimum Gasteiger partial charge on any atom is -0.497 e. The van der Waals surface area contributed by atoms with Gasteiger partial charge in [0, 0.05) is 29.2 Å². The SMILES string of the molecule is COc1cccc(Oc2ccc(NC(=O)Cc3ccccc3)cc2S(N)(=O)=O)c1.NS(=O)(=O)c1cc(NC(=O)Cc2ccccc2)ccc1Oc1ccc(F)cc1.NS(=O)(=O)c1cc(NC(=O)Cc2ccccc2)ccc1Oc1cccc(F)c1. The molecule has 0 spiro atoms. The van der Waals surface area contributed by atoms with Gasteiger partial charge in [-0.05, 0) is 120 Å². The van der Waals surface area contributed by atoms with Gasteiger partial charge in [0.1, 0.15) is 66.6 Å². The van der Waals surface area contributed by atoms with Gasteiger partial charge in [-0.15, -0.1) is 0 Å². The number of hydrogen-bond donors (Lipinski definition) is 6. The molecule has 9 aromatic carbocycles. The van der Waals surface area contributed by atoms with Crippen molar-refractivity contribution < 1.29 is 67.4 Å². The molecule has 0 fully saturated rings. The largest absolute Gasteiger partial charge is 0.497 e. The highest BCUT2D eigenvalue weighted by Gasteiger charge is 2.21. The van der Waals surface area contributed by atoms with Crippen molar-refractivity contribution in [3.63, 3.8) is 0 Å². The summed E-state index contributed by atoms with van der Waals surface area (Å²) in [7, 11) is -10.9. The van der Waals surface area contributed by atoms with E-state index in [1.54, 1.807) is 30.3 Å². The number of benzene rings is 9. The lowest BCUT2D eigenvalue weighted by Crippen LogP contribution is -2.17. The molecule has 0 aliphatic carbocycles. The summed E-state index contributed by atoms with van der Waals surface area (Å²) in [6.45, 7) is 0. The van der Waals surface area contributed by atoms with Crippen molar-refractivity contribution in [3.05, 3.63) is 247 Å². The van der Waals surface area contributed by atoms with Crippen LogP contribution in [0.4, 0.5) is 25.8 Å². The van der Waals surface area contributed by atoms with Crippen LogP contribution in [0.2, 0.25) is 0 Å². The van der Waals surface area contributed by atoms with E-state index >= 15 is 0 Å². The number of sulfonamides is 3. The van der Waals surface area contributed by atoms with E-state index in [1.165, 1.54) is 98.1 Å². The smallest absolute Gasteiger partial charge is 0.241 e. The molecular formula is C61H54F2N6O13S3. The van der Waals surface area contributed by atoms with Gasteiger partial charge in [0.25, 0.3) is 0 Å². The topological polar surface area (TPSA) is 305 Å². The van der Waals surface area contributed by atoms with Crippen LogP contribution in [0.15, 0.2) is 233 Å². The van der Waals surface area contributed by atoms with Crippen LogP contribution in [-0.2, 0) is 63.7 Å². The standard InChI is InChI=1S/C21H20N2O5S.2C20H17FN2O4S/c1-27-17-8-5-9-18(14-17)28-19-11-10-16(13-20(19)29(22,25)26)23-21(24)12-15-6-3-2-4-7-15;21-15-7-4-8-17(12-15)27-18-10-9-16(13-19(18)28(22,25)26)23-20(24)11-14-5-2-1-3-6-14;21-15-6-9-17(10-7-15)27-18-11-8-16(13-19(18)28(22,25)26)23-20(24)12-14-4-2-1-3-5-14/h2-11,13-14H,12H2,1H3,(H,23,24)(H2,22,25,26);1-10,12-13H,11H2,(H,23,24)(H2,22,25,26);1-11,13H,12H2,(H,23,24)(H2,22,25,26). The number of rotatable bonds is 19. The van der Waals surface area contributed by atoms with Crippen molar-refractivity contribution in [1.82, 2.24) is 0 Å². The fraction of sp³-hybridized carbons (Fsp3) is 0.0656. The average molecular weight is 1210 g/mol. The molecule has 9 rings (SSSR count). The molecule has 0 aromatic heterocycles. The molecule has 3 amide bonds. The molecule has 0 saturated carbocycles. The van der Waals surface area contributed by atoms with E-state index in [0.29, 0.717) is 17.2 Å². The Balaban J connectivity index is 0.000000183. The van der Waals surface area contributed by atoms with Gasteiger partial charge >= 0.3 is 0 Å². The van der Waals surface area contributed by atoms with Crippen LogP contribution in [-0.4, -0.2) is 50.1 Å². The first kappa shape index (κ1) is 62.8. The van der Waals surface area contributed by atoms with Gasteiger partial charge in [-0.25, -0.2) is 49.5 Å². The highest BCUT2D eigenvalue weighted by Crippen LogP contribution is 2.34. The third kappa shape index (κ3) is 20.0. The molecule has 85 heavy (non-hydrogen) atoms. The highest BCUT2D eigenvalue weighted by atomic mass is 32.2. The summed E-state index contributed by atoms with van der Waals surface area (Å²) in [6.07, 6.45) is 0.431. The normalized spacial score (nSPS) is 11.0. The van der Waals surface area contributed by atoms with Crippen molar-refractivity contribution in [2.45, 2.75) is 33.9 Å². The lowest BCUT2D eigenvalue weighted by Gasteiger charge is -2.13. The van der Waals surface area contributed by atoms with E-state index in [4.69, 9.17) is 34.4 Å². The van der Waals surface area contributed by atoms with Crippen LogP contribution < -0.4 is 50.3 Å². The van der Waals surface area contributed by atoms with Gasteiger partial charge in [-0.2, -0.15) is 0 Å². The third-order valence-electron chi connectivity index (χ3n) is 11.6. The van der Waals surface area contributed by atoms with Crippen LogP contribution in [0.25, 0.3) is 0 Å². The summed E-state index contributed by atoms with van der Waals surface area (Å²) >= 11 is 0. The first-order valence-electron chi connectivity index (χ1n) is 25.2. The number of carbonyl (C=O) groups is 3. The quantitative estimate of drug-likeness (QED) is 0.0439. The summed E-state index contributed by atoms with van der Waals surface area (Å²) < 4.78 is 120. The van der Waals surface area contributed by atoms with E-state index in [1.807, 2.05) is 91.0 Å². The number of ether oxygens (including phenoxy) is 4. The summed E-state index contributed by atoms with van der Waals surface area (Å²) in [5.41, 5.74) is 3.29. The predicted octanol–water partition coefficient (Wildman–Crippen LogP) is 10.2. The van der Waals surface area contributed by atoms with Crippen LogP contribution in [0.3, 0.4) is 0 Å². The Kier molecular flexibility index (Phi) is 21.4. The molecule has 0 aliphatic rings. The molecule has 0 saturated heterocycles. The minimum atomic E-state index is -4.15. The zero-order valence-electron chi connectivity index (χ0n) is 44.9. The Bertz CT molecular complexity index is 4160. The van der Waals surface area contributed by atoms with Crippen LogP contribution >= 0.6 is 0 Å². The summed E-state index contributed by atoms with van der Waals surface area (Å²) in [6, 6.07) is 56.9. The summed E-state index contributed by atoms with van der Waals surface area (Å²) in [5.74, 6) is -0.638. The van der Waals surface area contributed by atoms with Crippen LogP contribution in [0.5, 0.6) is 40.2 Å². The zero-order valence-corrected chi connectivity index (χ0v) is 47.4. The van der Waals surface area contributed by atoms with Gasteiger partial charge in [0.05, 0.1) is 26.4 Å². The number of carbonyl (C=O) groups excluding carboxylic acids is 3. The lowest BCUT2D eigenvalue weighted by atomic mass is 10.1. The number of hydrogen-bond acceptors (Lipinski definition) is 13. The number of anilines is 3. The molecule has 0 aliphatic heterocycles. The number of halogens is 2. The highest BCUT2D eigenvalue weighted by molar-refractivity contribution is 7.89. The molecule has 0 unspecified atom stereocenters. The molecular weight excluding hydrogens is 1160 g/mol. The fourth-order valence-corrected chi connectivity index (χ4v) is 9.76. The third-order valence-corrected chi connectivity index (χ3v) is 14.4. The molecule has 0 atom stereocenters. The molecule has 0 heterocycles. The Morgan fingerprint density at radius 1 is 0.365 bits per heavy atom. The summed E-state index contributed by atoms with van der Waals surface area (Å²) in [4.78, 5) is 35.8. The summed E-state index contributed by atoms with van der Waals surface area (Å²) in [5, 5.41) is 23.8. The van der Waals surface area contributed by atoms with Crippen molar-refractivity contribution in [2.24, 2.45) is 15.4 Å². The van der Waals surface area contributed by atoms with E-state index in [-0.39, 0.29) is 91.8 Å². The van der Waals surface area contributed by atoms with E-state index in [9.17, 15) is 48.4 Å².